The van der Waals surface area contributed by atoms with E-state index >= 15 is 0 Å². The maximum Gasteiger partial charge on any atom is 0.264 e. The predicted molar refractivity (Wildman–Crippen MR) is 168 cm³/mol. The number of ether oxygens (including phenoxy) is 1. The molecule has 12 heteroatoms. The Morgan fingerprint density at radius 2 is 1.50 bits per heavy atom. The molecular formula is C30H34Cl3N3O5S. The number of nitrogens with one attached hydrogen (secondary N) is 1. The molecule has 0 aliphatic rings. The molecule has 226 valence electrons. The Balaban J connectivity index is 2.08. The molecule has 42 heavy (non-hydrogen) atoms. The van der Waals surface area contributed by atoms with Crippen LogP contribution in [0.4, 0.5) is 5.69 Å². The molecule has 0 aliphatic heterocycles. The molecule has 2 amide bonds. The van der Waals surface area contributed by atoms with Crippen LogP contribution in [0.25, 0.3) is 0 Å². The highest BCUT2D eigenvalue weighted by molar-refractivity contribution is 7.92. The van der Waals surface area contributed by atoms with E-state index in [1.54, 1.807) is 49.4 Å². The maximum absolute atomic E-state index is 14.1. The van der Waals surface area contributed by atoms with Crippen molar-refractivity contribution in [3.05, 3.63) is 87.4 Å². The molecular weight excluding hydrogens is 621 g/mol. The molecule has 0 spiro atoms. The monoisotopic (exact) mass is 653 g/mol. The molecule has 0 bridgehead atoms. The molecule has 0 aromatic heterocycles. The number of rotatable bonds is 11. The Morgan fingerprint density at radius 1 is 0.929 bits per heavy atom. The Labute approximate surface area is 262 Å². The highest BCUT2D eigenvalue weighted by Gasteiger charge is 2.34. The molecule has 0 radical (unpaired) electrons. The zero-order chi connectivity index (χ0) is 31.2. The number of nitrogens with zero attached hydrogens (tertiary/aromatic N) is 2. The topological polar surface area (TPSA) is 96.0 Å². The summed E-state index contributed by atoms with van der Waals surface area (Å²) < 4.78 is 34.4. The number of halogens is 3. The fourth-order valence-electron chi connectivity index (χ4n) is 4.05. The van der Waals surface area contributed by atoms with E-state index in [0.29, 0.717) is 33.0 Å². The van der Waals surface area contributed by atoms with E-state index in [-0.39, 0.29) is 17.1 Å². The fourth-order valence-corrected chi connectivity index (χ4v) is 6.11. The number of amides is 2. The maximum atomic E-state index is 14.1. The van der Waals surface area contributed by atoms with Gasteiger partial charge in [0.2, 0.25) is 11.8 Å². The van der Waals surface area contributed by atoms with Gasteiger partial charge in [-0.2, -0.15) is 0 Å². The molecule has 8 nitrogen and oxygen atoms in total. The second kappa shape index (κ2) is 14.0. The Kier molecular flexibility index (Phi) is 11.2. The number of benzene rings is 3. The molecule has 0 heterocycles. The first-order valence-electron chi connectivity index (χ1n) is 13.2. The van der Waals surface area contributed by atoms with Gasteiger partial charge in [0.25, 0.3) is 10.0 Å². The van der Waals surface area contributed by atoms with Crippen LogP contribution in [0.3, 0.4) is 0 Å². The second-order valence-corrected chi connectivity index (χ2v) is 13.6. The normalized spacial score (nSPS) is 12.4. The van der Waals surface area contributed by atoms with Gasteiger partial charge >= 0.3 is 0 Å². The molecule has 1 atom stereocenters. The zero-order valence-corrected chi connectivity index (χ0v) is 27.1. The third kappa shape index (κ3) is 8.53. The summed E-state index contributed by atoms with van der Waals surface area (Å²) in [6, 6.07) is 15.9. The number of carbonyl (C=O) groups excluding carboxylic acids is 2. The number of anilines is 1. The number of hydrogen-bond donors (Lipinski definition) is 1. The lowest BCUT2D eigenvalue weighted by Gasteiger charge is -2.33. The van der Waals surface area contributed by atoms with E-state index in [1.165, 1.54) is 29.2 Å². The molecule has 1 unspecified atom stereocenters. The van der Waals surface area contributed by atoms with Gasteiger partial charge in [-0.25, -0.2) is 8.42 Å². The molecule has 1 N–H and O–H groups in total. The minimum Gasteiger partial charge on any atom is -0.494 e. The summed E-state index contributed by atoms with van der Waals surface area (Å²) in [5, 5.41) is 3.85. The van der Waals surface area contributed by atoms with E-state index in [4.69, 9.17) is 39.5 Å². The summed E-state index contributed by atoms with van der Waals surface area (Å²) in [5.41, 5.74) is 0.0796. The van der Waals surface area contributed by atoms with Gasteiger partial charge in [-0.1, -0.05) is 40.9 Å². The first kappa shape index (κ1) is 33.5. The fraction of sp³-hybridized carbons (Fsp3) is 0.333. The molecule has 0 fully saturated rings. The lowest BCUT2D eigenvalue weighted by atomic mass is 10.1. The van der Waals surface area contributed by atoms with Crippen molar-refractivity contribution < 1.29 is 22.7 Å². The second-order valence-electron chi connectivity index (χ2n) is 10.5. The summed E-state index contributed by atoms with van der Waals surface area (Å²) in [5.74, 6) is -0.528. The van der Waals surface area contributed by atoms with Crippen LogP contribution < -0.4 is 14.4 Å². The number of carbonyl (C=O) groups is 2. The van der Waals surface area contributed by atoms with Crippen molar-refractivity contribution in [1.29, 1.82) is 0 Å². The minimum absolute atomic E-state index is 0.0622. The predicted octanol–water partition coefficient (Wildman–Crippen LogP) is 6.57. The van der Waals surface area contributed by atoms with Gasteiger partial charge in [-0.05, 0) is 95.3 Å². The molecule has 0 aliphatic carbocycles. The van der Waals surface area contributed by atoms with Crippen LogP contribution >= 0.6 is 34.8 Å². The molecule has 0 saturated carbocycles. The van der Waals surface area contributed by atoms with Gasteiger partial charge in [0.05, 0.1) is 17.2 Å². The molecule has 0 saturated heterocycles. The smallest absolute Gasteiger partial charge is 0.264 e. The number of sulfonamides is 1. The molecule has 3 rings (SSSR count). The van der Waals surface area contributed by atoms with Crippen LogP contribution in [0.5, 0.6) is 5.75 Å². The first-order chi connectivity index (χ1) is 19.6. The zero-order valence-electron chi connectivity index (χ0n) is 24.0. The quantitative estimate of drug-likeness (QED) is 0.252. The molecule has 3 aromatic carbocycles. The highest BCUT2D eigenvalue weighted by Crippen LogP contribution is 2.29. The van der Waals surface area contributed by atoms with Crippen LogP contribution in [0.1, 0.15) is 40.2 Å². The van der Waals surface area contributed by atoms with Gasteiger partial charge in [0.15, 0.2) is 0 Å². The third-order valence-electron chi connectivity index (χ3n) is 6.17. The van der Waals surface area contributed by atoms with Gasteiger partial charge in [-0.15, -0.1) is 0 Å². The van der Waals surface area contributed by atoms with Crippen LogP contribution in [0, 0.1) is 0 Å². The largest absolute Gasteiger partial charge is 0.494 e. The standard InChI is InChI=1S/C30H34Cl3N3O5S/c1-6-41-23-14-12-22(13-15-23)36(42(39,40)24-16-10-21(31)11-17-24)19-28(37)35(20(2)29(38)34-30(3,4)5)18-25-26(32)8-7-9-27(25)33/h7-17,20H,6,18-19H2,1-5H3,(H,34,38). The van der Waals surface area contributed by atoms with E-state index in [9.17, 15) is 18.0 Å². The van der Waals surface area contributed by atoms with Crippen molar-refractivity contribution in [2.24, 2.45) is 0 Å². The van der Waals surface area contributed by atoms with Crippen LogP contribution in [-0.4, -0.2) is 49.9 Å². The third-order valence-corrected chi connectivity index (χ3v) is 8.92. The van der Waals surface area contributed by atoms with Gasteiger partial charge in [-0.3, -0.25) is 13.9 Å². The van der Waals surface area contributed by atoms with Crippen LogP contribution in [-0.2, 0) is 26.2 Å². The van der Waals surface area contributed by atoms with Gasteiger partial charge < -0.3 is 15.0 Å². The van der Waals surface area contributed by atoms with Gasteiger partial charge in [0, 0.05) is 32.7 Å². The summed E-state index contributed by atoms with van der Waals surface area (Å²) >= 11 is 18.9. The Hall–Kier alpha value is -2.98. The van der Waals surface area contributed by atoms with Gasteiger partial charge in [0.1, 0.15) is 18.3 Å². The highest BCUT2D eigenvalue weighted by atomic mass is 35.5. The lowest BCUT2D eigenvalue weighted by molar-refractivity contribution is -0.140. The summed E-state index contributed by atoms with van der Waals surface area (Å²) in [7, 11) is -4.25. The van der Waals surface area contributed by atoms with Crippen LogP contribution in [0.15, 0.2) is 71.6 Å². The average molecular weight is 655 g/mol. The van der Waals surface area contributed by atoms with Crippen molar-refractivity contribution >= 4 is 62.3 Å². The summed E-state index contributed by atoms with van der Waals surface area (Å²) in [4.78, 5) is 28.5. The lowest BCUT2D eigenvalue weighted by Crippen LogP contribution is -2.54. The summed E-state index contributed by atoms with van der Waals surface area (Å²) in [6.07, 6.45) is 0. The van der Waals surface area contributed by atoms with Crippen molar-refractivity contribution in [3.63, 3.8) is 0 Å². The van der Waals surface area contributed by atoms with E-state index in [0.717, 1.165) is 4.31 Å². The van der Waals surface area contributed by atoms with E-state index in [1.807, 2.05) is 27.7 Å². The minimum atomic E-state index is -4.25. The average Bonchev–Trinajstić information content (AvgIpc) is 2.91. The SMILES string of the molecule is CCOc1ccc(N(CC(=O)N(Cc2c(Cl)cccc2Cl)C(C)C(=O)NC(C)(C)C)S(=O)(=O)c2ccc(Cl)cc2)cc1. The first-order valence-corrected chi connectivity index (χ1v) is 15.8. The van der Waals surface area contributed by atoms with Crippen LogP contribution in [0.2, 0.25) is 15.1 Å². The van der Waals surface area contributed by atoms with E-state index < -0.39 is 40.0 Å². The van der Waals surface area contributed by atoms with Crippen molar-refractivity contribution in [1.82, 2.24) is 10.2 Å². The molecule has 3 aromatic rings. The summed E-state index contributed by atoms with van der Waals surface area (Å²) in [6.45, 7) is 8.55. The number of hydrogen-bond acceptors (Lipinski definition) is 5. The Morgan fingerprint density at radius 3 is 2.02 bits per heavy atom. The van der Waals surface area contributed by atoms with Crippen molar-refractivity contribution in [2.75, 3.05) is 17.5 Å². The van der Waals surface area contributed by atoms with Crippen molar-refractivity contribution in [2.45, 2.75) is 57.6 Å². The Bertz CT molecular complexity index is 1490. The van der Waals surface area contributed by atoms with E-state index in [2.05, 4.69) is 5.32 Å². The van der Waals surface area contributed by atoms with Crippen molar-refractivity contribution in [3.8, 4) is 5.75 Å².